The molecule has 2 aromatic rings. The number of phenols is 1. The van der Waals surface area contributed by atoms with Gasteiger partial charge in [0.1, 0.15) is 17.3 Å². The standard InChI is InChI=1S/C16H16F3NO4/c1-9-3-5-11(7-12(9)21)20-14(22)8-15(23,16(17,18)19)13-6-4-10(2)24-13/h3-7,21,23H,8H2,1-2H3,(H,20,22). The molecule has 130 valence electrons. The lowest BCUT2D eigenvalue weighted by atomic mass is 9.95. The molecular weight excluding hydrogens is 327 g/mol. The fraction of sp³-hybridized carbons (Fsp3) is 0.312. The summed E-state index contributed by atoms with van der Waals surface area (Å²) in [5.41, 5.74) is -2.79. The number of furan rings is 1. The number of hydrogen-bond donors (Lipinski definition) is 3. The monoisotopic (exact) mass is 343 g/mol. The molecule has 1 aromatic carbocycles. The maximum absolute atomic E-state index is 13.3. The van der Waals surface area contributed by atoms with E-state index in [1.807, 2.05) is 0 Å². The number of phenolic OH excluding ortho intramolecular Hbond substituents is 1. The second-order valence-corrected chi connectivity index (χ2v) is 5.49. The van der Waals surface area contributed by atoms with E-state index in [1.54, 1.807) is 6.92 Å². The first-order valence-electron chi connectivity index (χ1n) is 6.98. The van der Waals surface area contributed by atoms with Crippen LogP contribution in [0.3, 0.4) is 0 Å². The topological polar surface area (TPSA) is 82.7 Å². The average Bonchev–Trinajstić information content (AvgIpc) is 2.88. The van der Waals surface area contributed by atoms with Gasteiger partial charge in [-0.05, 0) is 37.6 Å². The minimum absolute atomic E-state index is 0.111. The van der Waals surface area contributed by atoms with E-state index in [0.29, 0.717) is 5.56 Å². The molecule has 0 saturated carbocycles. The highest BCUT2D eigenvalue weighted by Gasteiger charge is 2.58. The van der Waals surface area contributed by atoms with Gasteiger partial charge in [-0.25, -0.2) is 0 Å². The second kappa shape index (κ2) is 6.20. The molecule has 0 fully saturated rings. The van der Waals surface area contributed by atoms with Gasteiger partial charge in [0.25, 0.3) is 0 Å². The minimum Gasteiger partial charge on any atom is -0.508 e. The van der Waals surface area contributed by atoms with Crippen molar-refractivity contribution in [3.8, 4) is 5.75 Å². The molecule has 2 rings (SSSR count). The number of alkyl halides is 3. The maximum Gasteiger partial charge on any atom is 0.425 e. The number of aryl methyl sites for hydroxylation is 2. The van der Waals surface area contributed by atoms with Crippen LogP contribution in [0.15, 0.2) is 34.7 Å². The molecule has 1 atom stereocenters. The van der Waals surface area contributed by atoms with E-state index >= 15 is 0 Å². The van der Waals surface area contributed by atoms with Gasteiger partial charge in [-0.1, -0.05) is 6.07 Å². The molecule has 0 radical (unpaired) electrons. The quantitative estimate of drug-likeness (QED) is 0.795. The number of carbonyl (C=O) groups excluding carboxylic acids is 1. The number of benzene rings is 1. The van der Waals surface area contributed by atoms with Gasteiger partial charge in [0, 0.05) is 11.8 Å². The average molecular weight is 343 g/mol. The highest BCUT2D eigenvalue weighted by molar-refractivity contribution is 5.91. The number of amides is 1. The van der Waals surface area contributed by atoms with Crippen LogP contribution < -0.4 is 5.32 Å². The summed E-state index contributed by atoms with van der Waals surface area (Å²) in [5, 5.41) is 21.8. The Morgan fingerprint density at radius 2 is 1.88 bits per heavy atom. The van der Waals surface area contributed by atoms with E-state index in [2.05, 4.69) is 5.32 Å². The molecule has 1 amide bonds. The predicted octanol–water partition coefficient (Wildman–Crippen LogP) is 3.38. The Hall–Kier alpha value is -2.48. The summed E-state index contributed by atoms with van der Waals surface area (Å²) in [6.07, 6.45) is -6.39. The van der Waals surface area contributed by atoms with E-state index in [4.69, 9.17) is 4.42 Å². The molecule has 5 nitrogen and oxygen atoms in total. The Balaban J connectivity index is 2.23. The van der Waals surface area contributed by atoms with Gasteiger partial charge in [0.05, 0.1) is 6.42 Å². The van der Waals surface area contributed by atoms with E-state index in [-0.39, 0.29) is 17.2 Å². The Morgan fingerprint density at radius 3 is 2.38 bits per heavy atom. The largest absolute Gasteiger partial charge is 0.508 e. The fourth-order valence-electron chi connectivity index (χ4n) is 2.11. The van der Waals surface area contributed by atoms with Gasteiger partial charge in [0.15, 0.2) is 0 Å². The second-order valence-electron chi connectivity index (χ2n) is 5.49. The number of rotatable bonds is 4. The van der Waals surface area contributed by atoms with Crippen LogP contribution in [0.2, 0.25) is 0 Å². The third kappa shape index (κ3) is 3.53. The number of carbonyl (C=O) groups is 1. The van der Waals surface area contributed by atoms with Crippen molar-refractivity contribution >= 4 is 11.6 Å². The maximum atomic E-state index is 13.3. The molecule has 0 saturated heterocycles. The van der Waals surface area contributed by atoms with Crippen molar-refractivity contribution in [1.29, 1.82) is 0 Å². The van der Waals surface area contributed by atoms with Crippen LogP contribution >= 0.6 is 0 Å². The van der Waals surface area contributed by atoms with Crippen molar-refractivity contribution < 1.29 is 32.6 Å². The molecule has 8 heteroatoms. The summed E-state index contributed by atoms with van der Waals surface area (Å²) < 4.78 is 44.7. The Kier molecular flexibility index (Phi) is 4.61. The zero-order chi connectivity index (χ0) is 18.1. The zero-order valence-corrected chi connectivity index (χ0v) is 12.9. The van der Waals surface area contributed by atoms with Crippen LogP contribution in [-0.4, -0.2) is 22.3 Å². The Bertz CT molecular complexity index is 754. The van der Waals surface area contributed by atoms with Gasteiger partial charge in [-0.3, -0.25) is 4.79 Å². The highest BCUT2D eigenvalue weighted by atomic mass is 19.4. The molecule has 0 aliphatic carbocycles. The summed E-state index contributed by atoms with van der Waals surface area (Å²) in [6, 6.07) is 6.38. The van der Waals surface area contributed by atoms with E-state index in [1.165, 1.54) is 31.2 Å². The molecule has 0 aliphatic rings. The lowest BCUT2D eigenvalue weighted by Crippen LogP contribution is -2.44. The molecule has 0 spiro atoms. The number of nitrogens with one attached hydrogen (secondary N) is 1. The first kappa shape index (κ1) is 17.9. The first-order chi connectivity index (χ1) is 11.0. The molecular formula is C16H16F3NO4. The number of hydrogen-bond acceptors (Lipinski definition) is 4. The molecule has 1 heterocycles. The molecule has 1 aromatic heterocycles. The van der Waals surface area contributed by atoms with Crippen LogP contribution in [0.25, 0.3) is 0 Å². The van der Waals surface area contributed by atoms with Crippen molar-refractivity contribution in [3.05, 3.63) is 47.4 Å². The lowest BCUT2D eigenvalue weighted by Gasteiger charge is -2.28. The highest BCUT2D eigenvalue weighted by Crippen LogP contribution is 2.42. The zero-order valence-electron chi connectivity index (χ0n) is 12.9. The smallest absolute Gasteiger partial charge is 0.425 e. The van der Waals surface area contributed by atoms with Crippen LogP contribution in [0, 0.1) is 13.8 Å². The summed E-state index contributed by atoms with van der Waals surface area (Å²) >= 11 is 0. The third-order valence-corrected chi connectivity index (χ3v) is 3.53. The van der Waals surface area contributed by atoms with Gasteiger partial charge < -0.3 is 19.9 Å². The molecule has 3 N–H and O–H groups in total. The fourth-order valence-corrected chi connectivity index (χ4v) is 2.11. The van der Waals surface area contributed by atoms with Crippen LogP contribution in [0.4, 0.5) is 18.9 Å². The van der Waals surface area contributed by atoms with Crippen molar-refractivity contribution in [2.45, 2.75) is 32.0 Å². The number of aromatic hydroxyl groups is 1. The van der Waals surface area contributed by atoms with E-state index < -0.39 is 29.9 Å². The summed E-state index contributed by atoms with van der Waals surface area (Å²) in [7, 11) is 0. The molecule has 24 heavy (non-hydrogen) atoms. The van der Waals surface area contributed by atoms with Crippen molar-refractivity contribution in [2.24, 2.45) is 0 Å². The molecule has 1 unspecified atom stereocenters. The summed E-state index contributed by atoms with van der Waals surface area (Å²) in [5.74, 6) is -1.77. The number of anilines is 1. The predicted molar refractivity (Wildman–Crippen MR) is 79.5 cm³/mol. The molecule has 0 aliphatic heterocycles. The van der Waals surface area contributed by atoms with Crippen LogP contribution in [0.1, 0.15) is 23.5 Å². The van der Waals surface area contributed by atoms with Crippen molar-refractivity contribution in [3.63, 3.8) is 0 Å². The Labute approximate surface area is 135 Å². The van der Waals surface area contributed by atoms with Gasteiger partial charge in [-0.15, -0.1) is 0 Å². The number of aliphatic hydroxyl groups is 1. The summed E-state index contributed by atoms with van der Waals surface area (Å²) in [6.45, 7) is 3.05. The van der Waals surface area contributed by atoms with Gasteiger partial charge in [0.2, 0.25) is 11.5 Å². The first-order valence-corrected chi connectivity index (χ1v) is 6.98. The molecule has 0 bridgehead atoms. The van der Waals surface area contributed by atoms with E-state index in [0.717, 1.165) is 6.07 Å². The SMILES string of the molecule is Cc1ccc(C(O)(CC(=O)Nc2ccc(C)c(O)c2)C(F)(F)F)o1. The third-order valence-electron chi connectivity index (χ3n) is 3.53. The van der Waals surface area contributed by atoms with Crippen molar-refractivity contribution in [2.75, 3.05) is 5.32 Å². The van der Waals surface area contributed by atoms with Crippen molar-refractivity contribution in [1.82, 2.24) is 0 Å². The Morgan fingerprint density at radius 1 is 1.21 bits per heavy atom. The van der Waals surface area contributed by atoms with Crippen LogP contribution in [-0.2, 0) is 10.4 Å². The van der Waals surface area contributed by atoms with Gasteiger partial charge >= 0.3 is 6.18 Å². The minimum atomic E-state index is -5.11. The van der Waals surface area contributed by atoms with Crippen LogP contribution in [0.5, 0.6) is 5.75 Å². The van der Waals surface area contributed by atoms with Gasteiger partial charge in [-0.2, -0.15) is 13.2 Å². The normalized spacial score (nSPS) is 14.2. The lowest BCUT2D eigenvalue weighted by molar-refractivity contribution is -0.272. The summed E-state index contributed by atoms with van der Waals surface area (Å²) in [4.78, 5) is 12.0. The number of halogens is 3. The van der Waals surface area contributed by atoms with E-state index in [9.17, 15) is 28.2 Å².